The predicted molar refractivity (Wildman–Crippen MR) is 107 cm³/mol. The molecule has 1 aliphatic rings. The van der Waals surface area contributed by atoms with Crippen LogP contribution in [0.2, 0.25) is 5.02 Å². The zero-order valence-electron chi connectivity index (χ0n) is 15.5. The van der Waals surface area contributed by atoms with E-state index in [0.29, 0.717) is 18.0 Å². The maximum Gasteiger partial charge on any atom is 0.227 e. The molecule has 0 N–H and O–H groups in total. The van der Waals surface area contributed by atoms with E-state index in [-0.39, 0.29) is 5.91 Å². The van der Waals surface area contributed by atoms with Gasteiger partial charge in [0.15, 0.2) is 0 Å². The van der Waals surface area contributed by atoms with Gasteiger partial charge < -0.3 is 9.64 Å². The van der Waals surface area contributed by atoms with Crippen molar-refractivity contribution in [3.63, 3.8) is 0 Å². The fourth-order valence-corrected chi connectivity index (χ4v) is 3.43. The number of carbonyl (C=O) groups excluding carboxylic acids is 1. The van der Waals surface area contributed by atoms with E-state index in [9.17, 15) is 4.79 Å². The number of rotatable bonds is 8. The van der Waals surface area contributed by atoms with Gasteiger partial charge in [0.05, 0.1) is 19.6 Å². The lowest BCUT2D eigenvalue weighted by atomic mass is 10.1. The first-order valence-corrected chi connectivity index (χ1v) is 9.80. The molecule has 0 bridgehead atoms. The molecule has 1 amide bonds. The molecule has 27 heavy (non-hydrogen) atoms. The monoisotopic (exact) mass is 387 g/mol. The molecule has 0 atom stereocenters. The van der Waals surface area contributed by atoms with Crippen molar-refractivity contribution in [2.45, 2.75) is 19.4 Å². The Morgan fingerprint density at radius 1 is 1.15 bits per heavy atom. The third-order valence-electron chi connectivity index (χ3n) is 4.78. The molecule has 1 saturated heterocycles. The van der Waals surface area contributed by atoms with E-state index in [2.05, 4.69) is 9.88 Å². The summed E-state index contributed by atoms with van der Waals surface area (Å²) in [4.78, 5) is 21.4. The van der Waals surface area contributed by atoms with E-state index in [1.54, 1.807) is 12.4 Å². The maximum atomic E-state index is 13.0. The van der Waals surface area contributed by atoms with E-state index in [1.807, 2.05) is 41.3 Å². The van der Waals surface area contributed by atoms with Gasteiger partial charge in [0.1, 0.15) is 0 Å². The molecule has 1 fully saturated rings. The molecule has 0 aliphatic carbocycles. The second-order valence-electron chi connectivity index (χ2n) is 6.75. The Labute approximate surface area is 165 Å². The lowest BCUT2D eigenvalue weighted by molar-refractivity contribution is -0.131. The van der Waals surface area contributed by atoms with Crippen molar-refractivity contribution in [2.24, 2.45) is 0 Å². The fraction of sp³-hybridized carbons (Fsp3) is 0.429. The number of aromatic nitrogens is 1. The summed E-state index contributed by atoms with van der Waals surface area (Å²) in [6.45, 7) is 5.83. The third-order valence-corrected chi connectivity index (χ3v) is 5.15. The predicted octanol–water partition coefficient (Wildman–Crippen LogP) is 3.03. The zero-order chi connectivity index (χ0) is 18.9. The fourth-order valence-electron chi connectivity index (χ4n) is 3.23. The standard InChI is InChI=1S/C21H26ClN3O2/c22-20-5-2-1-4-19(20)16-21(26)25(17-18-6-8-23-9-7-18)11-3-10-24-12-14-27-15-13-24/h1-2,4-9H,3,10-17H2. The molecule has 2 heterocycles. The number of hydrogen-bond acceptors (Lipinski definition) is 4. The minimum absolute atomic E-state index is 0.0990. The van der Waals surface area contributed by atoms with Gasteiger partial charge in [-0.05, 0) is 35.7 Å². The molecule has 1 aromatic carbocycles. The Balaban J connectivity index is 1.61. The van der Waals surface area contributed by atoms with Crippen LogP contribution in [0.15, 0.2) is 48.8 Å². The Kier molecular flexibility index (Phi) is 7.63. The Morgan fingerprint density at radius 3 is 2.63 bits per heavy atom. The van der Waals surface area contributed by atoms with Gasteiger partial charge in [-0.3, -0.25) is 14.7 Å². The first kappa shape index (κ1) is 19.8. The van der Waals surface area contributed by atoms with E-state index < -0.39 is 0 Å². The lowest BCUT2D eigenvalue weighted by Crippen LogP contribution is -2.39. The highest BCUT2D eigenvalue weighted by Crippen LogP contribution is 2.17. The Hall–Kier alpha value is -1.95. The average molecular weight is 388 g/mol. The summed E-state index contributed by atoms with van der Waals surface area (Å²) in [5.74, 6) is 0.0990. The number of halogens is 1. The minimum Gasteiger partial charge on any atom is -0.379 e. The van der Waals surface area contributed by atoms with Crippen molar-refractivity contribution in [3.05, 3.63) is 64.9 Å². The summed E-state index contributed by atoms with van der Waals surface area (Å²) >= 11 is 6.24. The van der Waals surface area contributed by atoms with Crippen molar-refractivity contribution in [1.82, 2.24) is 14.8 Å². The van der Waals surface area contributed by atoms with Crippen LogP contribution in [0.25, 0.3) is 0 Å². The van der Waals surface area contributed by atoms with Gasteiger partial charge in [0.2, 0.25) is 5.91 Å². The number of nitrogens with zero attached hydrogens (tertiary/aromatic N) is 3. The van der Waals surface area contributed by atoms with Crippen LogP contribution >= 0.6 is 11.6 Å². The topological polar surface area (TPSA) is 45.7 Å². The van der Waals surface area contributed by atoms with Crippen molar-refractivity contribution in [3.8, 4) is 0 Å². The second kappa shape index (κ2) is 10.4. The highest BCUT2D eigenvalue weighted by Gasteiger charge is 2.17. The second-order valence-corrected chi connectivity index (χ2v) is 7.15. The first-order valence-electron chi connectivity index (χ1n) is 9.42. The van der Waals surface area contributed by atoms with Crippen LogP contribution in [0, 0.1) is 0 Å². The number of hydrogen-bond donors (Lipinski definition) is 0. The SMILES string of the molecule is O=C(Cc1ccccc1Cl)N(CCCN1CCOCC1)Cc1ccncc1. The van der Waals surface area contributed by atoms with E-state index in [1.165, 1.54) is 0 Å². The number of pyridine rings is 1. The summed E-state index contributed by atoms with van der Waals surface area (Å²) in [5.41, 5.74) is 1.96. The summed E-state index contributed by atoms with van der Waals surface area (Å²) in [6.07, 6.45) is 4.79. The van der Waals surface area contributed by atoms with Crippen molar-refractivity contribution < 1.29 is 9.53 Å². The number of carbonyl (C=O) groups is 1. The number of amides is 1. The molecule has 0 spiro atoms. The van der Waals surface area contributed by atoms with Gasteiger partial charge in [-0.25, -0.2) is 0 Å². The summed E-state index contributed by atoms with van der Waals surface area (Å²) in [6, 6.07) is 11.5. The third kappa shape index (κ3) is 6.31. The Morgan fingerprint density at radius 2 is 1.89 bits per heavy atom. The zero-order valence-corrected chi connectivity index (χ0v) is 16.3. The molecule has 0 unspecified atom stereocenters. The Bertz CT molecular complexity index is 720. The van der Waals surface area contributed by atoms with Gasteiger partial charge in [-0.2, -0.15) is 0 Å². The lowest BCUT2D eigenvalue weighted by Gasteiger charge is -2.28. The molecule has 0 saturated carbocycles. The average Bonchev–Trinajstić information content (AvgIpc) is 2.70. The van der Waals surface area contributed by atoms with Crippen LogP contribution in [0.3, 0.4) is 0 Å². The molecule has 144 valence electrons. The van der Waals surface area contributed by atoms with Gasteiger partial charge in [-0.15, -0.1) is 0 Å². The highest BCUT2D eigenvalue weighted by atomic mass is 35.5. The molecule has 1 aromatic heterocycles. The van der Waals surface area contributed by atoms with E-state index in [4.69, 9.17) is 16.3 Å². The van der Waals surface area contributed by atoms with Crippen LogP contribution in [-0.4, -0.2) is 60.1 Å². The maximum absolute atomic E-state index is 13.0. The molecule has 1 aliphatic heterocycles. The van der Waals surface area contributed by atoms with Crippen LogP contribution in [-0.2, 0) is 22.5 Å². The number of morpholine rings is 1. The largest absolute Gasteiger partial charge is 0.379 e. The molecule has 6 heteroatoms. The first-order chi connectivity index (χ1) is 13.2. The van der Waals surface area contributed by atoms with Crippen molar-refractivity contribution in [1.29, 1.82) is 0 Å². The molecular weight excluding hydrogens is 362 g/mol. The molecule has 3 rings (SSSR count). The molecular formula is C21H26ClN3O2. The summed E-state index contributed by atoms with van der Waals surface area (Å²) in [7, 11) is 0. The van der Waals surface area contributed by atoms with Crippen LogP contribution in [0.1, 0.15) is 17.5 Å². The van der Waals surface area contributed by atoms with Crippen LogP contribution in [0.4, 0.5) is 0 Å². The highest BCUT2D eigenvalue weighted by molar-refractivity contribution is 6.31. The molecule has 0 radical (unpaired) electrons. The van der Waals surface area contributed by atoms with Crippen molar-refractivity contribution >= 4 is 17.5 Å². The molecule has 5 nitrogen and oxygen atoms in total. The van der Waals surface area contributed by atoms with Gasteiger partial charge in [0, 0.05) is 50.1 Å². The smallest absolute Gasteiger partial charge is 0.227 e. The van der Waals surface area contributed by atoms with Gasteiger partial charge in [-0.1, -0.05) is 29.8 Å². The van der Waals surface area contributed by atoms with E-state index >= 15 is 0 Å². The number of benzene rings is 1. The summed E-state index contributed by atoms with van der Waals surface area (Å²) in [5, 5.41) is 0.642. The van der Waals surface area contributed by atoms with Gasteiger partial charge >= 0.3 is 0 Å². The van der Waals surface area contributed by atoms with Gasteiger partial charge in [0.25, 0.3) is 0 Å². The summed E-state index contributed by atoms with van der Waals surface area (Å²) < 4.78 is 5.40. The normalized spacial score (nSPS) is 14.9. The van der Waals surface area contributed by atoms with Crippen molar-refractivity contribution in [2.75, 3.05) is 39.4 Å². The minimum atomic E-state index is 0.0990. The number of ether oxygens (including phenoxy) is 1. The van der Waals surface area contributed by atoms with Crippen LogP contribution < -0.4 is 0 Å². The molecule has 2 aromatic rings. The van der Waals surface area contributed by atoms with E-state index in [0.717, 1.165) is 56.9 Å². The quantitative estimate of drug-likeness (QED) is 0.698. The van der Waals surface area contributed by atoms with Crippen LogP contribution in [0.5, 0.6) is 0 Å².